The Bertz CT molecular complexity index is 559. The molecule has 5 nitrogen and oxygen atoms in total. The number of imidazole rings is 1. The number of nitrogens with one attached hydrogen (secondary N) is 2. The van der Waals surface area contributed by atoms with Crippen LogP contribution >= 0.6 is 11.6 Å². The van der Waals surface area contributed by atoms with Gasteiger partial charge in [-0.25, -0.2) is 15.0 Å². The molecule has 0 bridgehead atoms. The molecule has 1 unspecified atom stereocenters. The molecule has 0 saturated carbocycles. The summed E-state index contributed by atoms with van der Waals surface area (Å²) < 4.78 is 0. The number of aromatic nitrogens is 4. The van der Waals surface area contributed by atoms with E-state index in [0.29, 0.717) is 5.15 Å². The summed E-state index contributed by atoms with van der Waals surface area (Å²) in [5.41, 5.74) is -0.145. The van der Waals surface area contributed by atoms with Crippen LogP contribution < -0.4 is 5.32 Å². The lowest BCUT2D eigenvalue weighted by Crippen LogP contribution is -2.19. The minimum Gasteiger partial charge on any atom is -0.360 e. The van der Waals surface area contributed by atoms with E-state index in [1.165, 1.54) is 0 Å². The second-order valence-electron chi connectivity index (χ2n) is 5.73. The molecule has 108 valence electrons. The summed E-state index contributed by atoms with van der Waals surface area (Å²) in [7, 11) is 0. The summed E-state index contributed by atoms with van der Waals surface area (Å²) >= 11 is 6.09. The topological polar surface area (TPSA) is 66.5 Å². The Morgan fingerprint density at radius 1 is 1.35 bits per heavy atom. The molecule has 0 aliphatic heterocycles. The van der Waals surface area contributed by atoms with Gasteiger partial charge in [0.2, 0.25) is 0 Å². The lowest BCUT2D eigenvalue weighted by molar-refractivity contribution is 0.545. The quantitative estimate of drug-likeness (QED) is 0.843. The molecule has 0 aliphatic rings. The predicted octanol–water partition coefficient (Wildman–Crippen LogP) is 3.71. The zero-order chi connectivity index (χ0) is 14.8. The van der Waals surface area contributed by atoms with E-state index < -0.39 is 0 Å². The number of hydrogen-bond acceptors (Lipinski definition) is 4. The summed E-state index contributed by atoms with van der Waals surface area (Å²) in [4.78, 5) is 16.2. The molecule has 2 aromatic heterocycles. The van der Waals surface area contributed by atoms with Gasteiger partial charge in [-0.1, -0.05) is 39.3 Å². The number of H-pyrrole nitrogens is 1. The van der Waals surface area contributed by atoms with Gasteiger partial charge in [-0.3, -0.25) is 0 Å². The molecule has 0 amide bonds. The number of rotatable bonds is 4. The van der Waals surface area contributed by atoms with Crippen molar-refractivity contribution in [2.75, 3.05) is 5.32 Å². The lowest BCUT2D eigenvalue weighted by atomic mass is 9.96. The highest BCUT2D eigenvalue weighted by Crippen LogP contribution is 2.24. The molecule has 0 saturated heterocycles. The van der Waals surface area contributed by atoms with Crippen molar-refractivity contribution in [1.82, 2.24) is 19.9 Å². The van der Waals surface area contributed by atoms with Gasteiger partial charge in [0.15, 0.2) is 0 Å². The van der Waals surface area contributed by atoms with Crippen molar-refractivity contribution in [3.8, 4) is 0 Å². The molecular formula is C14H20ClN5. The summed E-state index contributed by atoms with van der Waals surface area (Å²) in [6, 6.07) is 1.81. The van der Waals surface area contributed by atoms with Gasteiger partial charge in [0, 0.05) is 23.9 Å². The Labute approximate surface area is 124 Å². The van der Waals surface area contributed by atoms with Crippen molar-refractivity contribution >= 4 is 17.4 Å². The van der Waals surface area contributed by atoms with E-state index >= 15 is 0 Å². The minimum absolute atomic E-state index is 0.0729. The molecule has 2 N–H and O–H groups in total. The Morgan fingerprint density at radius 2 is 2.10 bits per heavy atom. The van der Waals surface area contributed by atoms with E-state index in [4.69, 9.17) is 11.6 Å². The zero-order valence-corrected chi connectivity index (χ0v) is 13.0. The Balaban J connectivity index is 2.27. The summed E-state index contributed by atoms with van der Waals surface area (Å²) in [6.07, 6.45) is 4.44. The third kappa shape index (κ3) is 3.48. The fourth-order valence-electron chi connectivity index (χ4n) is 1.84. The first-order valence-corrected chi connectivity index (χ1v) is 7.09. The molecule has 0 aromatic carbocycles. The second-order valence-corrected chi connectivity index (χ2v) is 6.12. The van der Waals surface area contributed by atoms with E-state index in [2.05, 4.69) is 52.9 Å². The van der Waals surface area contributed by atoms with Crippen LogP contribution in [0.1, 0.15) is 51.8 Å². The van der Waals surface area contributed by atoms with Gasteiger partial charge in [0.1, 0.15) is 22.6 Å². The molecule has 1 atom stereocenters. The Kier molecular flexibility index (Phi) is 4.28. The van der Waals surface area contributed by atoms with Crippen LogP contribution in [0.2, 0.25) is 5.15 Å². The molecule has 0 spiro atoms. The fourth-order valence-corrected chi connectivity index (χ4v) is 2.02. The van der Waals surface area contributed by atoms with Gasteiger partial charge in [-0.15, -0.1) is 0 Å². The lowest BCUT2D eigenvalue weighted by Gasteiger charge is -2.20. The molecule has 0 aliphatic carbocycles. The third-order valence-electron chi connectivity index (χ3n) is 2.95. The van der Waals surface area contributed by atoms with E-state index in [1.807, 2.05) is 6.20 Å². The Hall–Kier alpha value is -1.62. The number of halogens is 1. The maximum Gasteiger partial charge on any atom is 0.137 e. The highest BCUT2D eigenvalue weighted by atomic mass is 35.5. The third-order valence-corrected chi connectivity index (χ3v) is 3.14. The first-order valence-electron chi connectivity index (χ1n) is 6.71. The molecule has 6 heteroatoms. The minimum atomic E-state index is -0.145. The number of aromatic amines is 1. The van der Waals surface area contributed by atoms with Crippen molar-refractivity contribution in [2.24, 2.45) is 0 Å². The van der Waals surface area contributed by atoms with Crippen molar-refractivity contribution < 1.29 is 0 Å². The van der Waals surface area contributed by atoms with Crippen LogP contribution in [0.25, 0.3) is 0 Å². The average molecular weight is 294 g/mol. The number of anilines is 1. The predicted molar refractivity (Wildman–Crippen MR) is 81.0 cm³/mol. The molecule has 0 radical (unpaired) electrons. The van der Waals surface area contributed by atoms with Gasteiger partial charge >= 0.3 is 0 Å². The van der Waals surface area contributed by atoms with Crippen LogP contribution in [0.3, 0.4) is 0 Å². The SMILES string of the molecule is CCC(Nc1cc(Cl)nc(C(C)(C)C)n1)c1ncc[nH]1. The van der Waals surface area contributed by atoms with Crippen LogP contribution in [0.15, 0.2) is 18.5 Å². The molecule has 2 rings (SSSR count). The Morgan fingerprint density at radius 3 is 2.65 bits per heavy atom. The van der Waals surface area contributed by atoms with Crippen LogP contribution in [0.4, 0.5) is 5.82 Å². The van der Waals surface area contributed by atoms with Gasteiger partial charge in [-0.05, 0) is 6.42 Å². The maximum atomic E-state index is 6.09. The van der Waals surface area contributed by atoms with E-state index in [-0.39, 0.29) is 11.5 Å². The van der Waals surface area contributed by atoms with Gasteiger partial charge in [0.05, 0.1) is 6.04 Å². The van der Waals surface area contributed by atoms with Crippen molar-refractivity contribution in [2.45, 2.75) is 45.6 Å². The normalized spacial score (nSPS) is 13.2. The molecule has 20 heavy (non-hydrogen) atoms. The molecule has 2 aromatic rings. The number of nitrogens with zero attached hydrogens (tertiary/aromatic N) is 3. The first-order chi connectivity index (χ1) is 9.40. The van der Waals surface area contributed by atoms with Crippen molar-refractivity contribution in [3.05, 3.63) is 35.3 Å². The van der Waals surface area contributed by atoms with Crippen LogP contribution in [0, 0.1) is 0 Å². The smallest absolute Gasteiger partial charge is 0.137 e. The van der Waals surface area contributed by atoms with E-state index in [1.54, 1.807) is 12.3 Å². The molecule has 2 heterocycles. The van der Waals surface area contributed by atoms with Crippen molar-refractivity contribution in [3.63, 3.8) is 0 Å². The summed E-state index contributed by atoms with van der Waals surface area (Å²) in [5, 5.41) is 3.80. The maximum absolute atomic E-state index is 6.09. The summed E-state index contributed by atoms with van der Waals surface area (Å²) in [5.74, 6) is 2.33. The zero-order valence-electron chi connectivity index (χ0n) is 12.2. The van der Waals surface area contributed by atoms with Crippen LogP contribution in [-0.4, -0.2) is 19.9 Å². The van der Waals surface area contributed by atoms with Gasteiger partial charge in [-0.2, -0.15) is 0 Å². The van der Waals surface area contributed by atoms with Gasteiger partial charge < -0.3 is 10.3 Å². The molecular weight excluding hydrogens is 274 g/mol. The highest BCUT2D eigenvalue weighted by molar-refractivity contribution is 6.29. The van der Waals surface area contributed by atoms with Crippen LogP contribution in [0.5, 0.6) is 0 Å². The van der Waals surface area contributed by atoms with E-state index in [9.17, 15) is 0 Å². The highest BCUT2D eigenvalue weighted by Gasteiger charge is 2.20. The van der Waals surface area contributed by atoms with E-state index in [0.717, 1.165) is 23.9 Å². The van der Waals surface area contributed by atoms with Crippen molar-refractivity contribution in [1.29, 1.82) is 0 Å². The standard InChI is InChI=1S/C14H20ClN5/c1-5-9(12-16-6-7-17-12)18-11-8-10(15)19-13(20-11)14(2,3)4/h6-9H,5H2,1-4H3,(H,16,17)(H,18,19,20). The fraction of sp³-hybridized carbons (Fsp3) is 0.500. The van der Waals surface area contributed by atoms with Gasteiger partial charge in [0.25, 0.3) is 0 Å². The molecule has 0 fully saturated rings. The number of hydrogen-bond donors (Lipinski definition) is 2. The first kappa shape index (κ1) is 14.8. The summed E-state index contributed by atoms with van der Waals surface area (Å²) in [6.45, 7) is 8.28. The van der Waals surface area contributed by atoms with Crippen LogP contribution in [-0.2, 0) is 5.41 Å². The second kappa shape index (κ2) is 5.79. The average Bonchev–Trinajstić information content (AvgIpc) is 2.88. The monoisotopic (exact) mass is 293 g/mol. The largest absolute Gasteiger partial charge is 0.360 e.